The van der Waals surface area contributed by atoms with Gasteiger partial charge in [0.2, 0.25) is 6.16 Å². The summed E-state index contributed by atoms with van der Waals surface area (Å²) in [6.45, 7) is 9.97. The van der Waals surface area contributed by atoms with Crippen molar-refractivity contribution in [1.29, 1.82) is 0 Å². The highest BCUT2D eigenvalue weighted by Crippen LogP contribution is 2.21. The molecule has 8 heteroatoms. The van der Waals surface area contributed by atoms with Crippen LogP contribution in [0.2, 0.25) is 0 Å². The molecule has 0 amide bonds. The van der Waals surface area contributed by atoms with Crippen molar-refractivity contribution >= 4 is 20.0 Å². The normalized spacial score (nSPS) is 11.9. The van der Waals surface area contributed by atoms with Crippen LogP contribution in [0, 0.1) is 0 Å². The van der Waals surface area contributed by atoms with E-state index in [4.69, 9.17) is 9.26 Å². The zero-order valence-corrected chi connectivity index (χ0v) is 18.5. The van der Waals surface area contributed by atoms with E-state index < -0.39 is 20.0 Å². The Bertz CT molecular complexity index is 523. The second-order valence-corrected chi connectivity index (χ2v) is 8.51. The molecule has 156 valence electrons. The van der Waals surface area contributed by atoms with Crippen LogP contribution in [0.15, 0.2) is 23.8 Å². The summed E-state index contributed by atoms with van der Waals surface area (Å²) < 4.78 is 22.1. The highest BCUT2D eigenvalue weighted by Gasteiger charge is 2.20. The molecule has 0 bridgehead atoms. The fourth-order valence-corrected chi connectivity index (χ4v) is 2.08. The van der Waals surface area contributed by atoms with E-state index in [1.165, 1.54) is 0 Å². The molecule has 0 saturated heterocycles. The van der Waals surface area contributed by atoms with Gasteiger partial charge in [-0.05, 0) is 30.4 Å². The number of carbonyl (C=O) groups excluding carboxylic acids is 2. The maximum atomic E-state index is 11.4. The van der Waals surface area contributed by atoms with Crippen LogP contribution >= 0.6 is 8.03 Å². The highest BCUT2D eigenvalue weighted by atomic mass is 31.1. The first kappa shape index (κ1) is 27.7. The molecule has 0 heterocycles. The molecule has 27 heavy (non-hydrogen) atoms. The van der Waals surface area contributed by atoms with Gasteiger partial charge in [0.05, 0.1) is 27.1 Å². The van der Waals surface area contributed by atoms with E-state index >= 15 is 0 Å². The van der Waals surface area contributed by atoms with Crippen molar-refractivity contribution in [3.8, 4) is 0 Å². The van der Waals surface area contributed by atoms with Gasteiger partial charge in [-0.2, -0.15) is 0 Å². The van der Waals surface area contributed by atoms with Crippen molar-refractivity contribution in [2.45, 2.75) is 40.0 Å². The standard InChI is InChI=1S/C11H22NO4P.C8H14O2/c1-10(2)11(13)15-8-9-17(14)16-7-6-12(3,4)5;1-3-4-5-6-7(2)8(9)10/h1,6-9H2,2-5H3;6H,3-5H2,1-2H3,(H,9,10)/q+2;/p-1. The zero-order valence-electron chi connectivity index (χ0n) is 17.6. The van der Waals surface area contributed by atoms with Crippen molar-refractivity contribution in [3.05, 3.63) is 23.8 Å². The Morgan fingerprint density at radius 1 is 1.19 bits per heavy atom. The minimum absolute atomic E-state index is 0.102. The Labute approximate surface area is 164 Å². The molecule has 0 spiro atoms. The van der Waals surface area contributed by atoms with Crippen molar-refractivity contribution in [2.75, 3.05) is 47.1 Å². The molecule has 0 saturated carbocycles. The van der Waals surface area contributed by atoms with Gasteiger partial charge in [-0.1, -0.05) is 32.4 Å². The van der Waals surface area contributed by atoms with Gasteiger partial charge in [0.15, 0.2) is 6.61 Å². The summed E-state index contributed by atoms with van der Waals surface area (Å²) in [4.78, 5) is 21.1. The number of nitrogens with zero attached hydrogens (tertiary/aromatic N) is 1. The van der Waals surface area contributed by atoms with Crippen molar-refractivity contribution in [1.82, 2.24) is 0 Å². The van der Waals surface area contributed by atoms with E-state index in [9.17, 15) is 19.3 Å². The van der Waals surface area contributed by atoms with Gasteiger partial charge >= 0.3 is 14.0 Å². The first-order valence-electron chi connectivity index (χ1n) is 8.99. The maximum Gasteiger partial charge on any atom is 0.511 e. The molecule has 0 aromatic carbocycles. The van der Waals surface area contributed by atoms with Gasteiger partial charge in [0.1, 0.15) is 13.2 Å². The smallest absolute Gasteiger partial charge is 0.511 e. The molecule has 0 radical (unpaired) electrons. The zero-order chi connectivity index (χ0) is 21.5. The fraction of sp³-hybridized carbons (Fsp3) is 0.684. The van der Waals surface area contributed by atoms with Crippen LogP contribution in [-0.4, -0.2) is 63.5 Å². The minimum atomic E-state index is -1.75. The number of quaternary nitrogens is 1. The molecule has 0 fully saturated rings. The average Bonchev–Trinajstić information content (AvgIpc) is 2.54. The van der Waals surface area contributed by atoms with E-state index in [-0.39, 0.29) is 12.8 Å². The number of ether oxygens (including phenoxy) is 1. The number of carboxylic acid groups (broad SMARTS) is 1. The summed E-state index contributed by atoms with van der Waals surface area (Å²) in [6.07, 6.45) is 4.92. The third kappa shape index (κ3) is 20.6. The second-order valence-electron chi connectivity index (χ2n) is 7.14. The molecular weight excluding hydrogens is 369 g/mol. The number of allylic oxidation sites excluding steroid dienone is 1. The monoisotopic (exact) mass is 404 g/mol. The van der Waals surface area contributed by atoms with Crippen LogP contribution in [0.1, 0.15) is 40.0 Å². The highest BCUT2D eigenvalue weighted by molar-refractivity contribution is 7.39. The lowest BCUT2D eigenvalue weighted by Crippen LogP contribution is -2.37. The number of carbonyl (C=O) groups is 2. The Balaban J connectivity index is 0. The Hall–Kier alpha value is -1.56. The molecule has 0 rings (SSSR count). The van der Waals surface area contributed by atoms with Crippen LogP contribution < -0.4 is 5.11 Å². The molecule has 0 aromatic rings. The Morgan fingerprint density at radius 2 is 1.78 bits per heavy atom. The SMILES string of the molecule is C=C(C)C(=O)OCC[P+](=O)OCC[N+](C)(C)C.CCCCC=C(C)C(=O)[O-]. The molecule has 7 nitrogen and oxygen atoms in total. The minimum Gasteiger partial charge on any atom is -0.545 e. The second kappa shape index (κ2) is 15.5. The van der Waals surface area contributed by atoms with Crippen LogP contribution in [0.3, 0.4) is 0 Å². The third-order valence-corrected chi connectivity index (χ3v) is 4.20. The first-order valence-corrected chi connectivity index (χ1v) is 10.4. The number of esters is 1. The van der Waals surface area contributed by atoms with E-state index in [1.807, 2.05) is 21.1 Å². The van der Waals surface area contributed by atoms with Gasteiger partial charge in [0, 0.05) is 5.57 Å². The van der Waals surface area contributed by atoms with Crippen LogP contribution in [0.25, 0.3) is 0 Å². The fourth-order valence-electron chi connectivity index (χ4n) is 1.42. The summed E-state index contributed by atoms with van der Waals surface area (Å²) in [5.41, 5.74) is 0.680. The van der Waals surface area contributed by atoms with E-state index in [2.05, 4.69) is 13.5 Å². The van der Waals surface area contributed by atoms with Crippen LogP contribution in [-0.2, 0) is 23.4 Å². The van der Waals surface area contributed by atoms with Gasteiger partial charge in [-0.3, -0.25) is 0 Å². The molecule has 0 aromatic heterocycles. The molecule has 0 N–H and O–H groups in total. The molecule has 0 aliphatic heterocycles. The van der Waals surface area contributed by atoms with Gasteiger partial charge in [0.25, 0.3) is 0 Å². The summed E-state index contributed by atoms with van der Waals surface area (Å²) in [6, 6.07) is 0. The Kier molecular flexibility index (Phi) is 15.9. The van der Waals surface area contributed by atoms with Crippen molar-refractivity contribution in [3.63, 3.8) is 0 Å². The quantitative estimate of drug-likeness (QED) is 0.163. The number of unbranched alkanes of at least 4 members (excludes halogenated alkanes) is 2. The molecular formula is C19H35NO6P+. The summed E-state index contributed by atoms with van der Waals surface area (Å²) in [7, 11) is 4.35. The number of carboxylic acids is 1. The predicted molar refractivity (Wildman–Crippen MR) is 105 cm³/mol. The van der Waals surface area contributed by atoms with Gasteiger partial charge in [-0.15, -0.1) is 4.52 Å². The first-order chi connectivity index (χ1) is 12.4. The number of hydrogen-bond donors (Lipinski definition) is 0. The molecule has 0 aliphatic rings. The number of rotatable bonds is 12. The lowest BCUT2D eigenvalue weighted by Gasteiger charge is -2.21. The number of hydrogen-bond acceptors (Lipinski definition) is 6. The predicted octanol–water partition coefficient (Wildman–Crippen LogP) is 2.44. The topological polar surface area (TPSA) is 92.7 Å². The van der Waals surface area contributed by atoms with Crippen LogP contribution in [0.4, 0.5) is 0 Å². The largest absolute Gasteiger partial charge is 0.545 e. The maximum absolute atomic E-state index is 11.4. The number of aliphatic carboxylic acids is 1. The third-order valence-electron chi connectivity index (χ3n) is 3.18. The van der Waals surface area contributed by atoms with E-state index in [0.717, 1.165) is 30.3 Å². The van der Waals surface area contributed by atoms with Crippen molar-refractivity contribution < 1.29 is 33.0 Å². The van der Waals surface area contributed by atoms with E-state index in [0.29, 0.717) is 17.8 Å². The van der Waals surface area contributed by atoms with E-state index in [1.54, 1.807) is 19.9 Å². The molecule has 0 aliphatic carbocycles. The lowest BCUT2D eigenvalue weighted by molar-refractivity contribution is -0.870. The van der Waals surface area contributed by atoms with Gasteiger partial charge in [-0.25, -0.2) is 4.79 Å². The summed E-state index contributed by atoms with van der Waals surface area (Å²) >= 11 is 0. The van der Waals surface area contributed by atoms with Crippen molar-refractivity contribution in [2.24, 2.45) is 0 Å². The average molecular weight is 404 g/mol. The lowest BCUT2D eigenvalue weighted by atomic mass is 10.2. The number of likely N-dealkylation sites (N-methyl/N-ethyl adjacent to an activating group) is 1. The summed E-state index contributed by atoms with van der Waals surface area (Å²) in [5, 5.41) is 10.1. The molecule has 1 atom stereocenters. The van der Waals surface area contributed by atoms with Gasteiger partial charge < -0.3 is 19.1 Å². The molecule has 1 unspecified atom stereocenters. The van der Waals surface area contributed by atoms with Crippen LogP contribution in [0.5, 0.6) is 0 Å². The Morgan fingerprint density at radius 3 is 2.22 bits per heavy atom. The summed E-state index contributed by atoms with van der Waals surface area (Å²) in [5.74, 6) is -1.52.